The van der Waals surface area contributed by atoms with Crippen LogP contribution in [0.15, 0.2) is 92.5 Å². The topological polar surface area (TPSA) is 76.8 Å². The molecule has 1 unspecified atom stereocenters. The quantitative estimate of drug-likeness (QED) is 0.376. The predicted molar refractivity (Wildman–Crippen MR) is 117 cm³/mol. The van der Waals surface area contributed by atoms with Crippen molar-refractivity contribution in [2.75, 3.05) is 5.75 Å². The van der Waals surface area contributed by atoms with Crippen molar-refractivity contribution < 1.29 is 13.6 Å². The summed E-state index contributed by atoms with van der Waals surface area (Å²) >= 11 is 7.34. The first-order chi connectivity index (χ1) is 15.2. The molecular formula is C22H17ClN4O3S. The highest BCUT2D eigenvalue weighted by Gasteiger charge is 2.35. The number of hydrogen-bond acceptors (Lipinski definition) is 6. The second kappa shape index (κ2) is 8.49. The molecule has 3 aromatic heterocycles. The number of hydrazone groups is 1. The number of aromatic nitrogens is 2. The van der Waals surface area contributed by atoms with Crippen molar-refractivity contribution in [1.82, 2.24) is 14.6 Å². The van der Waals surface area contributed by atoms with Crippen molar-refractivity contribution >= 4 is 35.0 Å². The zero-order chi connectivity index (χ0) is 21.2. The number of carbonyl (C=O) groups is 1. The summed E-state index contributed by atoms with van der Waals surface area (Å²) in [5, 5.41) is 7.41. The van der Waals surface area contributed by atoms with E-state index in [9.17, 15) is 4.79 Å². The lowest BCUT2D eigenvalue weighted by Gasteiger charge is -2.19. The van der Waals surface area contributed by atoms with Gasteiger partial charge in [0, 0.05) is 29.5 Å². The van der Waals surface area contributed by atoms with Crippen LogP contribution in [0, 0.1) is 0 Å². The van der Waals surface area contributed by atoms with E-state index < -0.39 is 0 Å². The minimum Gasteiger partial charge on any atom is -0.467 e. The standard InChI is InChI=1S/C22H17ClN4O3S/c23-15-5-7-16(8-6-15)26-10-9-24-22(26)31-14-21(28)27-18(20-4-2-12-30-20)13-17(25-27)19-3-1-11-29-19/h1-12,18H,13-14H2. The number of furan rings is 2. The molecule has 0 saturated carbocycles. The monoisotopic (exact) mass is 452 g/mol. The van der Waals surface area contributed by atoms with Crippen molar-refractivity contribution in [2.45, 2.75) is 17.6 Å². The molecule has 31 heavy (non-hydrogen) atoms. The average Bonchev–Trinajstić information content (AvgIpc) is 3.58. The third-order valence-corrected chi connectivity index (χ3v) is 6.08. The van der Waals surface area contributed by atoms with Crippen LogP contribution in [-0.2, 0) is 4.79 Å². The number of nitrogens with zero attached hydrogens (tertiary/aromatic N) is 4. The van der Waals surface area contributed by atoms with Crippen LogP contribution in [0.3, 0.4) is 0 Å². The largest absolute Gasteiger partial charge is 0.467 e. The number of imidazole rings is 1. The first kappa shape index (κ1) is 19.7. The molecule has 156 valence electrons. The molecule has 0 radical (unpaired) electrons. The lowest BCUT2D eigenvalue weighted by molar-refractivity contribution is -0.130. The Bertz CT molecular complexity index is 1200. The molecule has 0 fully saturated rings. The van der Waals surface area contributed by atoms with E-state index in [-0.39, 0.29) is 17.7 Å². The van der Waals surface area contributed by atoms with E-state index in [1.54, 1.807) is 30.9 Å². The summed E-state index contributed by atoms with van der Waals surface area (Å²) in [6.45, 7) is 0. The molecule has 1 aliphatic heterocycles. The minimum absolute atomic E-state index is 0.140. The molecule has 0 bridgehead atoms. The van der Waals surface area contributed by atoms with Crippen molar-refractivity contribution in [1.29, 1.82) is 0 Å². The number of thioether (sulfide) groups is 1. The van der Waals surface area contributed by atoms with Gasteiger partial charge >= 0.3 is 0 Å². The summed E-state index contributed by atoms with van der Waals surface area (Å²) in [6, 6.07) is 14.4. The number of carbonyl (C=O) groups excluding carboxylic acids is 1. The van der Waals surface area contributed by atoms with Crippen LogP contribution >= 0.6 is 23.4 Å². The average molecular weight is 453 g/mol. The Morgan fingerprint density at radius 1 is 1.13 bits per heavy atom. The lowest BCUT2D eigenvalue weighted by Crippen LogP contribution is -2.28. The van der Waals surface area contributed by atoms with E-state index in [1.165, 1.54) is 16.8 Å². The highest BCUT2D eigenvalue weighted by Crippen LogP contribution is 2.34. The second-order valence-electron chi connectivity index (χ2n) is 6.84. The molecule has 0 N–H and O–H groups in total. The highest BCUT2D eigenvalue weighted by molar-refractivity contribution is 7.99. The van der Waals surface area contributed by atoms with E-state index in [1.807, 2.05) is 47.2 Å². The van der Waals surface area contributed by atoms with Crippen LogP contribution in [0.2, 0.25) is 5.02 Å². The Kier molecular flexibility index (Phi) is 5.40. The molecule has 0 aliphatic carbocycles. The molecular weight excluding hydrogens is 436 g/mol. The summed E-state index contributed by atoms with van der Waals surface area (Å²) < 4.78 is 13.0. The number of amides is 1. The van der Waals surface area contributed by atoms with Gasteiger partial charge in [0.25, 0.3) is 5.91 Å². The third kappa shape index (κ3) is 4.04. The van der Waals surface area contributed by atoms with Gasteiger partial charge in [-0.2, -0.15) is 5.10 Å². The fraction of sp³-hybridized carbons (Fsp3) is 0.136. The van der Waals surface area contributed by atoms with Crippen molar-refractivity contribution in [3.05, 3.63) is 90.0 Å². The minimum atomic E-state index is -0.306. The highest BCUT2D eigenvalue weighted by atomic mass is 35.5. The normalized spacial score (nSPS) is 16.0. The first-order valence-electron chi connectivity index (χ1n) is 9.58. The Labute approximate surface area is 187 Å². The SMILES string of the molecule is O=C(CSc1nccn1-c1ccc(Cl)cc1)N1N=C(c2ccco2)CC1c1ccco1. The maximum atomic E-state index is 13.1. The van der Waals surface area contributed by atoms with Crippen molar-refractivity contribution in [2.24, 2.45) is 5.10 Å². The van der Waals surface area contributed by atoms with Crippen LogP contribution in [0.25, 0.3) is 5.69 Å². The number of hydrogen-bond donors (Lipinski definition) is 0. The van der Waals surface area contributed by atoms with Gasteiger partial charge in [0.1, 0.15) is 23.3 Å². The molecule has 0 spiro atoms. The van der Waals surface area contributed by atoms with E-state index in [2.05, 4.69) is 10.1 Å². The predicted octanol–water partition coefficient (Wildman–Crippen LogP) is 5.18. The van der Waals surface area contributed by atoms with Gasteiger partial charge in [-0.25, -0.2) is 9.99 Å². The summed E-state index contributed by atoms with van der Waals surface area (Å²) in [5.74, 6) is 1.37. The zero-order valence-corrected chi connectivity index (χ0v) is 17.8. The number of rotatable bonds is 6. The van der Waals surface area contributed by atoms with Crippen molar-refractivity contribution in [3.8, 4) is 5.69 Å². The van der Waals surface area contributed by atoms with Gasteiger partial charge in [0.05, 0.1) is 18.3 Å². The van der Waals surface area contributed by atoms with Gasteiger partial charge in [-0.3, -0.25) is 9.36 Å². The molecule has 7 nitrogen and oxygen atoms in total. The molecule has 4 aromatic rings. The molecule has 1 aliphatic rings. The summed E-state index contributed by atoms with van der Waals surface area (Å²) in [5.41, 5.74) is 1.64. The van der Waals surface area contributed by atoms with Gasteiger partial charge in [0.15, 0.2) is 5.16 Å². The number of benzene rings is 1. The Hall–Kier alpha value is -3.23. The molecule has 1 aromatic carbocycles. The summed E-state index contributed by atoms with van der Waals surface area (Å²) in [7, 11) is 0. The van der Waals surface area contributed by atoms with Gasteiger partial charge in [-0.15, -0.1) is 0 Å². The smallest absolute Gasteiger partial charge is 0.253 e. The van der Waals surface area contributed by atoms with Gasteiger partial charge in [-0.05, 0) is 48.5 Å². The van der Waals surface area contributed by atoms with Gasteiger partial charge < -0.3 is 8.83 Å². The fourth-order valence-electron chi connectivity index (χ4n) is 3.42. The van der Waals surface area contributed by atoms with Crippen LogP contribution in [0.1, 0.15) is 24.0 Å². The Morgan fingerprint density at radius 2 is 1.94 bits per heavy atom. The van der Waals surface area contributed by atoms with Gasteiger partial charge in [0.2, 0.25) is 0 Å². The number of halogens is 1. The summed E-state index contributed by atoms with van der Waals surface area (Å²) in [6.07, 6.45) is 7.27. The molecule has 9 heteroatoms. The van der Waals surface area contributed by atoms with E-state index in [0.29, 0.717) is 33.8 Å². The molecule has 4 heterocycles. The lowest BCUT2D eigenvalue weighted by atomic mass is 10.1. The second-order valence-corrected chi connectivity index (χ2v) is 8.22. The fourth-order valence-corrected chi connectivity index (χ4v) is 4.37. The molecule has 1 amide bonds. The van der Waals surface area contributed by atoms with Crippen LogP contribution in [0.5, 0.6) is 0 Å². The van der Waals surface area contributed by atoms with E-state index in [4.69, 9.17) is 20.4 Å². The molecule has 5 rings (SSSR count). The van der Waals surface area contributed by atoms with E-state index >= 15 is 0 Å². The first-order valence-corrected chi connectivity index (χ1v) is 10.9. The van der Waals surface area contributed by atoms with Gasteiger partial charge in [-0.1, -0.05) is 23.4 Å². The maximum absolute atomic E-state index is 13.1. The molecule has 0 saturated heterocycles. The van der Waals surface area contributed by atoms with Crippen LogP contribution in [-0.4, -0.2) is 31.9 Å². The summed E-state index contributed by atoms with van der Waals surface area (Å²) in [4.78, 5) is 17.5. The van der Waals surface area contributed by atoms with Crippen LogP contribution < -0.4 is 0 Å². The Balaban J connectivity index is 1.34. The Morgan fingerprint density at radius 3 is 2.68 bits per heavy atom. The molecule has 1 atom stereocenters. The third-order valence-electron chi connectivity index (χ3n) is 4.88. The van der Waals surface area contributed by atoms with Crippen LogP contribution in [0.4, 0.5) is 0 Å². The maximum Gasteiger partial charge on any atom is 0.253 e. The zero-order valence-electron chi connectivity index (χ0n) is 16.2. The van der Waals surface area contributed by atoms with Crippen molar-refractivity contribution in [3.63, 3.8) is 0 Å². The van der Waals surface area contributed by atoms with E-state index in [0.717, 1.165) is 5.69 Å².